The maximum atomic E-state index is 12.1. The lowest BCUT2D eigenvalue weighted by molar-refractivity contribution is -0.154. The van der Waals surface area contributed by atoms with Gasteiger partial charge in [0, 0.05) is 24.0 Å². The Balaban J connectivity index is 1.61. The topological polar surface area (TPSA) is 81.8 Å². The first-order chi connectivity index (χ1) is 15.3. The summed E-state index contributed by atoms with van der Waals surface area (Å²) in [5, 5.41) is 9.92. The first-order valence-corrected chi connectivity index (χ1v) is 10.8. The summed E-state index contributed by atoms with van der Waals surface area (Å²) in [7, 11) is 0. The van der Waals surface area contributed by atoms with Crippen molar-refractivity contribution in [1.82, 2.24) is 4.98 Å². The molecule has 0 saturated carbocycles. The van der Waals surface area contributed by atoms with Crippen LogP contribution in [0.5, 0.6) is 5.75 Å². The minimum atomic E-state index is -0.512. The Morgan fingerprint density at radius 2 is 1.81 bits per heavy atom. The number of hydrogen-bond donors (Lipinski definition) is 1. The molecule has 0 atom stereocenters. The minimum absolute atomic E-state index is 0.166. The molecule has 0 aliphatic carbocycles. The molecule has 6 nitrogen and oxygen atoms in total. The van der Waals surface area contributed by atoms with E-state index >= 15 is 0 Å². The Morgan fingerprint density at radius 3 is 2.50 bits per heavy atom. The molecule has 0 amide bonds. The lowest BCUT2D eigenvalue weighted by atomic mass is 10.0. The SMILES string of the molecule is Cc1oc(-c2ccccc2)nc1CCOc1cccc(CCC(=O)OC(C)(C)C)c1CO. The van der Waals surface area contributed by atoms with E-state index in [1.54, 1.807) is 0 Å². The fourth-order valence-corrected chi connectivity index (χ4v) is 3.41. The molecule has 3 rings (SSSR count). The predicted molar refractivity (Wildman–Crippen MR) is 122 cm³/mol. The summed E-state index contributed by atoms with van der Waals surface area (Å²) in [6.07, 6.45) is 1.30. The zero-order chi connectivity index (χ0) is 23.1. The van der Waals surface area contributed by atoms with Gasteiger partial charge in [0.25, 0.3) is 0 Å². The average Bonchev–Trinajstić information content (AvgIpc) is 3.12. The van der Waals surface area contributed by atoms with E-state index in [1.807, 2.05) is 76.2 Å². The zero-order valence-electron chi connectivity index (χ0n) is 19.2. The third-order valence-electron chi connectivity index (χ3n) is 4.92. The van der Waals surface area contributed by atoms with Crippen molar-refractivity contribution in [3.8, 4) is 17.2 Å². The number of aryl methyl sites for hydroxylation is 2. The molecule has 0 saturated heterocycles. The number of aliphatic hydroxyl groups excluding tert-OH is 1. The largest absolute Gasteiger partial charge is 0.493 e. The van der Waals surface area contributed by atoms with Crippen LogP contribution in [-0.2, 0) is 29.0 Å². The Bertz CT molecular complexity index is 1030. The van der Waals surface area contributed by atoms with Gasteiger partial charge in [0.15, 0.2) is 0 Å². The van der Waals surface area contributed by atoms with Crippen LogP contribution in [-0.4, -0.2) is 28.3 Å². The Kier molecular flexibility index (Phi) is 7.70. The molecule has 170 valence electrons. The zero-order valence-corrected chi connectivity index (χ0v) is 19.2. The number of oxazole rings is 1. The smallest absolute Gasteiger partial charge is 0.306 e. The number of hydrogen-bond acceptors (Lipinski definition) is 6. The Labute approximate surface area is 189 Å². The molecule has 1 heterocycles. The highest BCUT2D eigenvalue weighted by atomic mass is 16.6. The number of benzene rings is 2. The Hall–Kier alpha value is -3.12. The van der Waals surface area contributed by atoms with E-state index in [4.69, 9.17) is 13.9 Å². The third kappa shape index (κ3) is 6.44. The molecule has 0 aliphatic heterocycles. The molecule has 2 aromatic carbocycles. The first-order valence-electron chi connectivity index (χ1n) is 10.8. The Morgan fingerprint density at radius 1 is 1.06 bits per heavy atom. The third-order valence-corrected chi connectivity index (χ3v) is 4.92. The normalized spacial score (nSPS) is 11.4. The molecule has 0 fully saturated rings. The number of rotatable bonds is 9. The van der Waals surface area contributed by atoms with Crippen molar-refractivity contribution in [2.24, 2.45) is 0 Å². The van der Waals surface area contributed by atoms with Crippen molar-refractivity contribution in [1.29, 1.82) is 0 Å². The summed E-state index contributed by atoms with van der Waals surface area (Å²) >= 11 is 0. The minimum Gasteiger partial charge on any atom is -0.493 e. The highest BCUT2D eigenvalue weighted by Gasteiger charge is 2.17. The van der Waals surface area contributed by atoms with E-state index in [2.05, 4.69) is 4.98 Å². The van der Waals surface area contributed by atoms with E-state index in [-0.39, 0.29) is 19.0 Å². The number of nitrogens with zero attached hydrogens (tertiary/aromatic N) is 1. The molecule has 1 N–H and O–H groups in total. The molecular formula is C26H31NO5. The standard InChI is InChI=1S/C26H31NO5/c1-18-22(27-25(31-18)20-9-6-5-7-10-20)15-16-30-23-12-8-11-19(21(23)17-28)13-14-24(29)32-26(2,3)4/h5-12,28H,13-17H2,1-4H3. The fraction of sp³-hybridized carbons (Fsp3) is 0.385. The van der Waals surface area contributed by atoms with Crippen LogP contribution in [0.1, 0.15) is 49.8 Å². The lowest BCUT2D eigenvalue weighted by Gasteiger charge is -2.20. The van der Waals surface area contributed by atoms with Gasteiger partial charge in [0.1, 0.15) is 17.1 Å². The van der Waals surface area contributed by atoms with Gasteiger partial charge in [-0.05, 0) is 57.9 Å². The lowest BCUT2D eigenvalue weighted by Crippen LogP contribution is -2.24. The summed E-state index contributed by atoms with van der Waals surface area (Å²) < 4.78 is 17.2. The van der Waals surface area contributed by atoms with Gasteiger partial charge in [-0.25, -0.2) is 4.98 Å². The maximum absolute atomic E-state index is 12.1. The van der Waals surface area contributed by atoms with Gasteiger partial charge in [-0.2, -0.15) is 0 Å². The van der Waals surface area contributed by atoms with Crippen molar-refractivity contribution in [2.75, 3.05) is 6.61 Å². The van der Waals surface area contributed by atoms with Crippen LogP contribution in [0.25, 0.3) is 11.5 Å². The van der Waals surface area contributed by atoms with Crippen LogP contribution in [0.4, 0.5) is 0 Å². The average molecular weight is 438 g/mol. The van der Waals surface area contributed by atoms with Crippen LogP contribution in [0.15, 0.2) is 52.9 Å². The number of ether oxygens (including phenoxy) is 2. The quantitative estimate of drug-likeness (QED) is 0.473. The summed E-state index contributed by atoms with van der Waals surface area (Å²) in [5.41, 5.74) is 2.83. The highest BCUT2D eigenvalue weighted by Crippen LogP contribution is 2.25. The number of aromatic nitrogens is 1. The summed E-state index contributed by atoms with van der Waals surface area (Å²) in [6.45, 7) is 7.66. The van der Waals surface area contributed by atoms with Gasteiger partial charge in [0.05, 0.1) is 18.9 Å². The van der Waals surface area contributed by atoms with Crippen LogP contribution in [0, 0.1) is 6.92 Å². The monoisotopic (exact) mass is 437 g/mol. The van der Waals surface area contributed by atoms with Crippen LogP contribution < -0.4 is 4.74 Å². The molecular weight excluding hydrogens is 406 g/mol. The second kappa shape index (κ2) is 10.5. The summed E-state index contributed by atoms with van der Waals surface area (Å²) in [5.74, 6) is 1.71. The predicted octanol–water partition coefficient (Wildman–Crippen LogP) is 5.04. The van der Waals surface area contributed by atoms with Gasteiger partial charge in [-0.3, -0.25) is 4.79 Å². The van der Waals surface area contributed by atoms with Crippen LogP contribution in [0.2, 0.25) is 0 Å². The summed E-state index contributed by atoms with van der Waals surface area (Å²) in [6, 6.07) is 15.4. The fourth-order valence-electron chi connectivity index (χ4n) is 3.41. The van der Waals surface area contributed by atoms with Crippen LogP contribution >= 0.6 is 0 Å². The molecule has 0 aliphatic rings. The van der Waals surface area contributed by atoms with Gasteiger partial charge in [0.2, 0.25) is 5.89 Å². The molecule has 0 radical (unpaired) electrons. The maximum Gasteiger partial charge on any atom is 0.306 e. The number of esters is 1. The molecule has 32 heavy (non-hydrogen) atoms. The van der Waals surface area contributed by atoms with Crippen molar-refractivity contribution < 1.29 is 23.8 Å². The van der Waals surface area contributed by atoms with Crippen molar-refractivity contribution >= 4 is 5.97 Å². The van der Waals surface area contributed by atoms with E-state index in [1.165, 1.54) is 0 Å². The van der Waals surface area contributed by atoms with E-state index in [0.29, 0.717) is 36.7 Å². The van der Waals surface area contributed by atoms with Crippen molar-refractivity contribution in [3.63, 3.8) is 0 Å². The van der Waals surface area contributed by atoms with Crippen molar-refractivity contribution in [2.45, 2.75) is 59.2 Å². The van der Waals surface area contributed by atoms with E-state index in [0.717, 1.165) is 22.6 Å². The number of aliphatic hydroxyl groups is 1. The number of carbonyl (C=O) groups is 1. The first kappa shape index (κ1) is 23.5. The van der Waals surface area contributed by atoms with Gasteiger partial charge in [-0.1, -0.05) is 30.3 Å². The van der Waals surface area contributed by atoms with Gasteiger partial charge >= 0.3 is 5.97 Å². The van der Waals surface area contributed by atoms with E-state index in [9.17, 15) is 9.90 Å². The molecule has 0 unspecified atom stereocenters. The van der Waals surface area contributed by atoms with E-state index < -0.39 is 5.60 Å². The molecule has 0 spiro atoms. The van der Waals surface area contributed by atoms with Crippen LogP contribution in [0.3, 0.4) is 0 Å². The summed E-state index contributed by atoms with van der Waals surface area (Å²) in [4.78, 5) is 16.7. The van der Waals surface area contributed by atoms with Crippen molar-refractivity contribution in [3.05, 3.63) is 71.1 Å². The number of carbonyl (C=O) groups excluding carboxylic acids is 1. The molecule has 3 aromatic rings. The van der Waals surface area contributed by atoms with Gasteiger partial charge in [-0.15, -0.1) is 0 Å². The second-order valence-corrected chi connectivity index (χ2v) is 8.62. The molecule has 1 aromatic heterocycles. The van der Waals surface area contributed by atoms with Gasteiger partial charge < -0.3 is 19.0 Å². The molecule has 6 heteroatoms. The second-order valence-electron chi connectivity index (χ2n) is 8.62. The highest BCUT2D eigenvalue weighted by molar-refractivity contribution is 5.70. The molecule has 0 bridgehead atoms.